The van der Waals surface area contributed by atoms with Gasteiger partial charge in [-0.25, -0.2) is 0 Å². The van der Waals surface area contributed by atoms with Crippen LogP contribution in [0.5, 0.6) is 0 Å². The van der Waals surface area contributed by atoms with E-state index in [1.807, 2.05) is 12.1 Å². The summed E-state index contributed by atoms with van der Waals surface area (Å²) in [6.45, 7) is 0.808. The molecule has 0 aliphatic heterocycles. The van der Waals surface area contributed by atoms with E-state index in [0.717, 1.165) is 12.1 Å². The topological polar surface area (TPSA) is 55.2 Å². The number of rotatable bonds is 4. The van der Waals surface area contributed by atoms with Gasteiger partial charge < -0.3 is 5.32 Å². The lowest BCUT2D eigenvalue weighted by Gasteiger charge is -2.16. The SMILES string of the molecule is Br.O=[N+]([O-])c1ccc(CNC2CCCCCC2)cc1. The third kappa shape index (κ3) is 5.28. The van der Waals surface area contributed by atoms with E-state index < -0.39 is 0 Å². The van der Waals surface area contributed by atoms with Gasteiger partial charge in [0.1, 0.15) is 0 Å². The molecule has 0 amide bonds. The van der Waals surface area contributed by atoms with Crippen LogP contribution in [-0.4, -0.2) is 11.0 Å². The summed E-state index contributed by atoms with van der Waals surface area (Å²) in [4.78, 5) is 10.2. The molecular weight excluding hydrogens is 308 g/mol. The van der Waals surface area contributed by atoms with Crippen LogP contribution < -0.4 is 5.32 Å². The summed E-state index contributed by atoms with van der Waals surface area (Å²) in [5.41, 5.74) is 1.28. The number of nitrogens with zero attached hydrogens (tertiary/aromatic N) is 1. The number of nitro groups is 1. The monoisotopic (exact) mass is 328 g/mol. The largest absolute Gasteiger partial charge is 0.310 e. The number of nitro benzene ring substituents is 1. The van der Waals surface area contributed by atoms with Crippen molar-refractivity contribution in [1.29, 1.82) is 0 Å². The van der Waals surface area contributed by atoms with Crippen molar-refractivity contribution >= 4 is 22.7 Å². The molecule has 5 heteroatoms. The molecule has 0 spiro atoms. The maximum Gasteiger partial charge on any atom is 0.269 e. The van der Waals surface area contributed by atoms with Gasteiger partial charge in [0.2, 0.25) is 0 Å². The highest BCUT2D eigenvalue weighted by molar-refractivity contribution is 8.93. The Hall–Kier alpha value is -0.940. The molecule has 1 aliphatic rings. The number of halogens is 1. The first kappa shape index (κ1) is 16.1. The molecule has 0 unspecified atom stereocenters. The number of hydrogen-bond donors (Lipinski definition) is 1. The van der Waals surface area contributed by atoms with Gasteiger partial charge in [-0.3, -0.25) is 10.1 Å². The van der Waals surface area contributed by atoms with Gasteiger partial charge in [-0.05, 0) is 18.4 Å². The molecule has 2 rings (SSSR count). The predicted molar refractivity (Wildman–Crippen MR) is 81.7 cm³/mol. The molecule has 1 saturated carbocycles. The molecule has 0 heterocycles. The third-order valence-electron chi connectivity index (χ3n) is 3.60. The lowest BCUT2D eigenvalue weighted by atomic mass is 10.1. The Morgan fingerprint density at radius 1 is 1.11 bits per heavy atom. The van der Waals surface area contributed by atoms with E-state index in [1.165, 1.54) is 38.5 Å². The Balaban J connectivity index is 0.00000180. The third-order valence-corrected chi connectivity index (χ3v) is 3.60. The Bertz CT molecular complexity index is 387. The summed E-state index contributed by atoms with van der Waals surface area (Å²) in [6, 6.07) is 7.43. The van der Waals surface area contributed by atoms with Crippen LogP contribution >= 0.6 is 17.0 Å². The second-order valence-corrected chi connectivity index (χ2v) is 4.99. The molecule has 1 aromatic carbocycles. The minimum Gasteiger partial charge on any atom is -0.310 e. The molecule has 19 heavy (non-hydrogen) atoms. The Morgan fingerprint density at radius 3 is 2.21 bits per heavy atom. The van der Waals surface area contributed by atoms with Crippen molar-refractivity contribution in [3.63, 3.8) is 0 Å². The van der Waals surface area contributed by atoms with Gasteiger partial charge in [0.25, 0.3) is 5.69 Å². The molecule has 1 N–H and O–H groups in total. The Morgan fingerprint density at radius 2 is 1.68 bits per heavy atom. The summed E-state index contributed by atoms with van der Waals surface area (Å²) in [6.07, 6.45) is 7.86. The first-order valence-corrected chi connectivity index (χ1v) is 6.72. The lowest BCUT2D eigenvalue weighted by Crippen LogP contribution is -2.27. The summed E-state index contributed by atoms with van der Waals surface area (Å²) >= 11 is 0. The number of nitrogens with one attached hydrogen (secondary N) is 1. The molecule has 1 fully saturated rings. The van der Waals surface area contributed by atoms with E-state index in [2.05, 4.69) is 5.32 Å². The second-order valence-electron chi connectivity index (χ2n) is 4.99. The normalized spacial score (nSPS) is 16.4. The van der Waals surface area contributed by atoms with Crippen LogP contribution in [0, 0.1) is 10.1 Å². The van der Waals surface area contributed by atoms with Gasteiger partial charge in [0, 0.05) is 24.7 Å². The molecule has 106 valence electrons. The van der Waals surface area contributed by atoms with Crippen LogP contribution in [0.2, 0.25) is 0 Å². The fourth-order valence-electron chi connectivity index (χ4n) is 2.48. The molecule has 0 aromatic heterocycles. The molecule has 1 aromatic rings. The minimum absolute atomic E-state index is 0. The fourth-order valence-corrected chi connectivity index (χ4v) is 2.48. The first-order chi connectivity index (χ1) is 8.75. The second kappa shape index (κ2) is 8.27. The average Bonchev–Trinajstić information content (AvgIpc) is 2.65. The van der Waals surface area contributed by atoms with Crippen LogP contribution in [0.1, 0.15) is 44.1 Å². The molecule has 1 aliphatic carbocycles. The molecule has 0 radical (unpaired) electrons. The maximum atomic E-state index is 10.5. The average molecular weight is 329 g/mol. The molecular formula is C14H21BrN2O2. The van der Waals surface area contributed by atoms with Gasteiger partial charge >= 0.3 is 0 Å². The highest BCUT2D eigenvalue weighted by atomic mass is 79.9. The van der Waals surface area contributed by atoms with Gasteiger partial charge in [-0.15, -0.1) is 17.0 Å². The van der Waals surface area contributed by atoms with Crippen LogP contribution in [-0.2, 0) is 6.54 Å². The molecule has 4 nitrogen and oxygen atoms in total. The van der Waals surface area contributed by atoms with Crippen molar-refractivity contribution < 1.29 is 4.92 Å². The zero-order valence-corrected chi connectivity index (χ0v) is 12.7. The molecule has 0 atom stereocenters. The highest BCUT2D eigenvalue weighted by Gasteiger charge is 2.11. The summed E-state index contributed by atoms with van der Waals surface area (Å²) in [7, 11) is 0. The smallest absolute Gasteiger partial charge is 0.269 e. The molecule has 0 saturated heterocycles. The zero-order chi connectivity index (χ0) is 12.8. The first-order valence-electron chi connectivity index (χ1n) is 6.72. The van der Waals surface area contributed by atoms with E-state index in [-0.39, 0.29) is 27.6 Å². The summed E-state index contributed by atoms with van der Waals surface area (Å²) in [5, 5.41) is 14.1. The fraction of sp³-hybridized carbons (Fsp3) is 0.571. The van der Waals surface area contributed by atoms with Crippen molar-refractivity contribution in [2.75, 3.05) is 0 Å². The quantitative estimate of drug-likeness (QED) is 0.516. The van der Waals surface area contributed by atoms with Crippen molar-refractivity contribution in [2.45, 2.75) is 51.1 Å². The van der Waals surface area contributed by atoms with Gasteiger partial charge in [-0.1, -0.05) is 37.8 Å². The minimum atomic E-state index is -0.359. The highest BCUT2D eigenvalue weighted by Crippen LogP contribution is 2.18. The summed E-state index contributed by atoms with van der Waals surface area (Å²) < 4.78 is 0. The number of benzene rings is 1. The van der Waals surface area contributed by atoms with Gasteiger partial charge in [0.15, 0.2) is 0 Å². The Labute approximate surface area is 124 Å². The zero-order valence-electron chi connectivity index (χ0n) is 11.0. The van der Waals surface area contributed by atoms with Crippen molar-refractivity contribution in [3.8, 4) is 0 Å². The van der Waals surface area contributed by atoms with Crippen LogP contribution in [0.15, 0.2) is 24.3 Å². The maximum absolute atomic E-state index is 10.5. The Kier molecular flexibility index (Phi) is 7.02. The van der Waals surface area contributed by atoms with Crippen LogP contribution in [0.25, 0.3) is 0 Å². The van der Waals surface area contributed by atoms with Crippen LogP contribution in [0.3, 0.4) is 0 Å². The lowest BCUT2D eigenvalue weighted by molar-refractivity contribution is -0.384. The van der Waals surface area contributed by atoms with Gasteiger partial charge in [-0.2, -0.15) is 0 Å². The van der Waals surface area contributed by atoms with Crippen molar-refractivity contribution in [1.82, 2.24) is 5.32 Å². The van der Waals surface area contributed by atoms with E-state index >= 15 is 0 Å². The number of hydrogen-bond acceptors (Lipinski definition) is 3. The number of non-ortho nitro benzene ring substituents is 1. The summed E-state index contributed by atoms with van der Waals surface area (Å²) in [5.74, 6) is 0. The standard InChI is InChI=1S/C14H20N2O2.BrH/c17-16(18)14-9-7-12(8-10-14)11-15-13-5-3-1-2-4-6-13;/h7-10,13,15H,1-6,11H2;1H. The van der Waals surface area contributed by atoms with Crippen LogP contribution in [0.4, 0.5) is 5.69 Å². The van der Waals surface area contributed by atoms with Crippen molar-refractivity contribution in [2.24, 2.45) is 0 Å². The molecule has 0 bridgehead atoms. The predicted octanol–water partition coefficient (Wildman–Crippen LogP) is 3.99. The van der Waals surface area contributed by atoms with Gasteiger partial charge in [0.05, 0.1) is 4.92 Å². The van der Waals surface area contributed by atoms with E-state index in [9.17, 15) is 10.1 Å². The van der Waals surface area contributed by atoms with Crippen molar-refractivity contribution in [3.05, 3.63) is 39.9 Å². The van der Waals surface area contributed by atoms with E-state index in [1.54, 1.807) is 12.1 Å². The van der Waals surface area contributed by atoms with E-state index in [4.69, 9.17) is 0 Å². The van der Waals surface area contributed by atoms with E-state index in [0.29, 0.717) is 6.04 Å².